The van der Waals surface area contributed by atoms with E-state index in [2.05, 4.69) is 28.5 Å². The molecule has 0 radical (unpaired) electrons. The highest BCUT2D eigenvalue weighted by Crippen LogP contribution is 2.30. The van der Waals surface area contributed by atoms with Gasteiger partial charge in [0, 0.05) is 18.0 Å². The minimum Gasteiger partial charge on any atom is -0.496 e. The van der Waals surface area contributed by atoms with Crippen LogP contribution in [0.1, 0.15) is 50.1 Å². The lowest BCUT2D eigenvalue weighted by atomic mass is 9.96. The number of ether oxygens (including phenoxy) is 1. The standard InChI is InChI=1S/C18H28N4OS/c1-23-16-11-7-6-10-14(16)15-12-17(22-21-15)20-18(24-2)19-13-8-4-3-5-9-13/h6-7,10-11,13,15,17,21-22H,3-5,8-9,12H2,1-2H3,(H,19,20). The van der Waals surface area contributed by atoms with Crippen LogP contribution in [-0.4, -0.2) is 30.7 Å². The third kappa shape index (κ3) is 4.43. The lowest BCUT2D eigenvalue weighted by Crippen LogP contribution is -2.37. The van der Waals surface area contributed by atoms with Gasteiger partial charge in [-0.05, 0) is 25.2 Å². The molecule has 3 rings (SSSR count). The number of thioether (sulfide) groups is 1. The van der Waals surface area contributed by atoms with Crippen molar-refractivity contribution < 1.29 is 4.74 Å². The van der Waals surface area contributed by atoms with Crippen LogP contribution in [0.2, 0.25) is 0 Å². The molecule has 2 fully saturated rings. The fraction of sp³-hybridized carbons (Fsp3) is 0.611. The van der Waals surface area contributed by atoms with Crippen molar-refractivity contribution in [1.82, 2.24) is 16.2 Å². The fourth-order valence-corrected chi connectivity index (χ4v) is 4.01. The number of nitrogens with zero attached hydrogens (tertiary/aromatic N) is 1. The molecule has 0 spiro atoms. The van der Waals surface area contributed by atoms with Crippen LogP contribution in [-0.2, 0) is 0 Å². The molecule has 1 aliphatic heterocycles. The van der Waals surface area contributed by atoms with Crippen molar-refractivity contribution in [3.63, 3.8) is 0 Å². The van der Waals surface area contributed by atoms with Gasteiger partial charge in [-0.3, -0.25) is 0 Å². The van der Waals surface area contributed by atoms with Crippen molar-refractivity contribution in [3.8, 4) is 5.75 Å². The summed E-state index contributed by atoms with van der Waals surface area (Å²) in [5, 5.41) is 4.67. The monoisotopic (exact) mass is 348 g/mol. The summed E-state index contributed by atoms with van der Waals surface area (Å²) >= 11 is 1.70. The van der Waals surface area contributed by atoms with E-state index >= 15 is 0 Å². The number of hydrazine groups is 1. The number of nitrogens with one attached hydrogen (secondary N) is 3. The Bertz CT molecular complexity index is 560. The van der Waals surface area contributed by atoms with E-state index in [1.54, 1.807) is 18.9 Å². The van der Waals surface area contributed by atoms with E-state index in [0.29, 0.717) is 6.04 Å². The average Bonchev–Trinajstić information content (AvgIpc) is 3.10. The predicted molar refractivity (Wildman–Crippen MR) is 101 cm³/mol. The average molecular weight is 349 g/mol. The Morgan fingerprint density at radius 2 is 2.00 bits per heavy atom. The van der Waals surface area contributed by atoms with Crippen LogP contribution in [0.5, 0.6) is 5.75 Å². The second kappa shape index (κ2) is 8.74. The SMILES string of the molecule is COc1ccccc1C1CC(/N=C(/NC2CCCCC2)SC)NN1. The van der Waals surface area contributed by atoms with E-state index in [1.807, 2.05) is 18.2 Å². The molecule has 0 amide bonds. The Kier molecular flexibility index (Phi) is 6.40. The third-order valence-electron chi connectivity index (χ3n) is 4.80. The van der Waals surface area contributed by atoms with Crippen LogP contribution in [0.3, 0.4) is 0 Å². The summed E-state index contributed by atoms with van der Waals surface area (Å²) in [5.41, 5.74) is 7.85. The minimum atomic E-state index is 0.0819. The Morgan fingerprint density at radius 1 is 1.21 bits per heavy atom. The van der Waals surface area contributed by atoms with Gasteiger partial charge in [0.05, 0.1) is 13.2 Å². The molecule has 1 heterocycles. The van der Waals surface area contributed by atoms with Crippen LogP contribution in [0.4, 0.5) is 0 Å². The van der Waals surface area contributed by atoms with E-state index in [9.17, 15) is 0 Å². The predicted octanol–water partition coefficient (Wildman–Crippen LogP) is 3.20. The third-order valence-corrected chi connectivity index (χ3v) is 5.41. The van der Waals surface area contributed by atoms with Crippen molar-refractivity contribution in [3.05, 3.63) is 29.8 Å². The molecular formula is C18H28N4OS. The largest absolute Gasteiger partial charge is 0.496 e. The van der Waals surface area contributed by atoms with Crippen molar-refractivity contribution in [2.75, 3.05) is 13.4 Å². The first-order chi connectivity index (χ1) is 11.8. The van der Waals surface area contributed by atoms with Gasteiger partial charge in [-0.1, -0.05) is 49.2 Å². The summed E-state index contributed by atoms with van der Waals surface area (Å²) in [6.45, 7) is 0. The summed E-state index contributed by atoms with van der Waals surface area (Å²) in [6, 6.07) is 8.97. The first-order valence-electron chi connectivity index (χ1n) is 8.82. The second-order valence-corrected chi connectivity index (χ2v) is 7.25. The number of amidine groups is 1. The maximum Gasteiger partial charge on any atom is 0.158 e. The number of rotatable bonds is 4. The molecule has 3 N–H and O–H groups in total. The Labute approximate surface area is 149 Å². The zero-order chi connectivity index (χ0) is 16.8. The smallest absolute Gasteiger partial charge is 0.158 e. The highest BCUT2D eigenvalue weighted by atomic mass is 32.2. The topological polar surface area (TPSA) is 57.7 Å². The van der Waals surface area contributed by atoms with Crippen LogP contribution >= 0.6 is 11.8 Å². The van der Waals surface area contributed by atoms with Gasteiger partial charge in [-0.25, -0.2) is 15.8 Å². The van der Waals surface area contributed by atoms with Gasteiger partial charge < -0.3 is 10.1 Å². The number of benzene rings is 1. The molecule has 0 aromatic heterocycles. The molecule has 2 atom stereocenters. The number of methoxy groups -OCH3 is 1. The molecule has 132 valence electrons. The van der Waals surface area contributed by atoms with Crippen molar-refractivity contribution >= 4 is 16.9 Å². The van der Waals surface area contributed by atoms with Gasteiger partial charge in [0.25, 0.3) is 0 Å². The number of aliphatic imine (C=N–C) groups is 1. The zero-order valence-corrected chi connectivity index (χ0v) is 15.4. The molecule has 1 aliphatic carbocycles. The molecule has 1 saturated carbocycles. The van der Waals surface area contributed by atoms with Crippen LogP contribution in [0.25, 0.3) is 0 Å². The van der Waals surface area contributed by atoms with E-state index < -0.39 is 0 Å². The quantitative estimate of drug-likeness (QED) is 0.576. The van der Waals surface area contributed by atoms with E-state index in [-0.39, 0.29) is 12.2 Å². The maximum atomic E-state index is 5.48. The molecule has 5 nitrogen and oxygen atoms in total. The van der Waals surface area contributed by atoms with E-state index in [4.69, 9.17) is 9.73 Å². The molecule has 1 aromatic carbocycles. The van der Waals surface area contributed by atoms with Gasteiger partial charge in [0.1, 0.15) is 11.9 Å². The van der Waals surface area contributed by atoms with Gasteiger partial charge in [0.15, 0.2) is 5.17 Å². The van der Waals surface area contributed by atoms with Gasteiger partial charge >= 0.3 is 0 Å². The summed E-state index contributed by atoms with van der Waals surface area (Å²) in [4.78, 5) is 4.87. The first kappa shape index (κ1) is 17.6. The number of para-hydroxylation sites is 1. The molecule has 1 aromatic rings. The zero-order valence-electron chi connectivity index (χ0n) is 14.5. The maximum absolute atomic E-state index is 5.48. The highest BCUT2D eigenvalue weighted by molar-refractivity contribution is 8.13. The molecule has 0 bridgehead atoms. The van der Waals surface area contributed by atoms with E-state index in [1.165, 1.54) is 37.7 Å². The van der Waals surface area contributed by atoms with Gasteiger partial charge in [-0.2, -0.15) is 0 Å². The second-order valence-electron chi connectivity index (χ2n) is 6.45. The Morgan fingerprint density at radius 3 is 2.75 bits per heavy atom. The Hall–Kier alpha value is -1.24. The minimum absolute atomic E-state index is 0.0819. The fourth-order valence-electron chi connectivity index (χ4n) is 3.49. The summed E-state index contributed by atoms with van der Waals surface area (Å²) in [7, 11) is 1.72. The highest BCUT2D eigenvalue weighted by Gasteiger charge is 2.27. The Balaban J connectivity index is 1.61. The molecule has 1 saturated heterocycles. The van der Waals surface area contributed by atoms with Crippen LogP contribution in [0.15, 0.2) is 29.3 Å². The summed E-state index contributed by atoms with van der Waals surface area (Å²) < 4.78 is 5.48. The number of hydrogen-bond acceptors (Lipinski definition) is 5. The first-order valence-corrected chi connectivity index (χ1v) is 10.0. The lowest BCUT2D eigenvalue weighted by molar-refractivity contribution is 0.402. The molecule has 2 aliphatic rings. The molecular weight excluding hydrogens is 320 g/mol. The molecule has 2 unspecified atom stereocenters. The lowest BCUT2D eigenvalue weighted by Gasteiger charge is -2.24. The summed E-state index contributed by atoms with van der Waals surface area (Å²) in [6.07, 6.45) is 9.65. The van der Waals surface area contributed by atoms with Crippen molar-refractivity contribution in [2.24, 2.45) is 4.99 Å². The van der Waals surface area contributed by atoms with Crippen molar-refractivity contribution in [2.45, 2.75) is 56.8 Å². The van der Waals surface area contributed by atoms with Crippen LogP contribution in [0, 0.1) is 0 Å². The molecule has 24 heavy (non-hydrogen) atoms. The van der Waals surface area contributed by atoms with Gasteiger partial charge in [0.2, 0.25) is 0 Å². The van der Waals surface area contributed by atoms with E-state index in [0.717, 1.165) is 17.3 Å². The van der Waals surface area contributed by atoms with Crippen LogP contribution < -0.4 is 20.9 Å². The van der Waals surface area contributed by atoms with Crippen molar-refractivity contribution in [1.29, 1.82) is 0 Å². The molecule has 6 heteroatoms. The number of hydrogen-bond donors (Lipinski definition) is 3. The summed E-state index contributed by atoms with van der Waals surface area (Å²) in [5.74, 6) is 0.923. The van der Waals surface area contributed by atoms with Gasteiger partial charge in [-0.15, -0.1) is 0 Å². The normalized spacial score (nSPS) is 25.7.